The third kappa shape index (κ3) is 2.13. The van der Waals surface area contributed by atoms with Crippen LogP contribution in [0, 0.1) is 0 Å². The van der Waals surface area contributed by atoms with E-state index in [0.717, 1.165) is 22.1 Å². The predicted molar refractivity (Wildman–Crippen MR) is 105 cm³/mol. The van der Waals surface area contributed by atoms with Crippen molar-refractivity contribution in [3.63, 3.8) is 0 Å². The molecule has 0 aliphatic heterocycles. The maximum atomic E-state index is 11.3. The lowest BCUT2D eigenvalue weighted by atomic mass is 9.78. The highest BCUT2D eigenvalue weighted by molar-refractivity contribution is 6.13. The highest BCUT2D eigenvalue weighted by Gasteiger charge is 2.28. The summed E-state index contributed by atoms with van der Waals surface area (Å²) in [5.74, 6) is -0.0155. The fourth-order valence-electron chi connectivity index (χ4n) is 4.15. The minimum atomic E-state index is -0.545. The van der Waals surface area contributed by atoms with E-state index in [2.05, 4.69) is 72.8 Å². The van der Waals surface area contributed by atoms with E-state index in [1.165, 1.54) is 16.2 Å². The molecule has 0 radical (unpaired) electrons. The molecule has 0 amide bonds. The second-order valence-corrected chi connectivity index (χ2v) is 6.66. The lowest BCUT2D eigenvalue weighted by Crippen LogP contribution is -2.14. The summed E-state index contributed by atoms with van der Waals surface area (Å²) < 4.78 is 0. The maximum Gasteiger partial charge on any atom is 0.0905 e. The van der Waals surface area contributed by atoms with E-state index in [1.54, 1.807) is 0 Å². The minimum Gasteiger partial charge on any atom is -0.387 e. The SMILES string of the molecule is OC1c2c(c3ccccc3c3ccccc23)C=C[C@@H]1c1ccccc1. The second-order valence-electron chi connectivity index (χ2n) is 6.66. The van der Waals surface area contributed by atoms with E-state index in [9.17, 15) is 5.11 Å². The van der Waals surface area contributed by atoms with Gasteiger partial charge in [0.05, 0.1) is 6.10 Å². The van der Waals surface area contributed by atoms with Crippen molar-refractivity contribution in [2.24, 2.45) is 0 Å². The quantitative estimate of drug-likeness (QED) is 0.437. The molecule has 0 fully saturated rings. The molecule has 5 rings (SSSR count). The van der Waals surface area contributed by atoms with E-state index in [4.69, 9.17) is 0 Å². The molecule has 4 aromatic carbocycles. The van der Waals surface area contributed by atoms with Crippen molar-refractivity contribution in [2.45, 2.75) is 12.0 Å². The number of hydrogen-bond acceptors (Lipinski definition) is 1. The molecule has 1 heteroatoms. The van der Waals surface area contributed by atoms with Crippen LogP contribution in [-0.4, -0.2) is 5.11 Å². The number of fused-ring (bicyclic) bond motifs is 6. The van der Waals surface area contributed by atoms with Gasteiger partial charge in [-0.05, 0) is 38.2 Å². The summed E-state index contributed by atoms with van der Waals surface area (Å²) in [6.07, 6.45) is 3.79. The first-order valence-corrected chi connectivity index (χ1v) is 8.69. The van der Waals surface area contributed by atoms with Crippen LogP contribution in [0.15, 0.2) is 84.9 Å². The third-order valence-electron chi connectivity index (χ3n) is 5.31. The number of aliphatic hydroxyl groups is 1. The Balaban J connectivity index is 1.85. The molecule has 1 aliphatic carbocycles. The van der Waals surface area contributed by atoms with E-state index in [1.807, 2.05) is 18.2 Å². The molecule has 0 saturated heterocycles. The van der Waals surface area contributed by atoms with Gasteiger partial charge < -0.3 is 5.11 Å². The molecule has 0 aromatic heterocycles. The summed E-state index contributed by atoms with van der Waals surface area (Å²) in [5, 5.41) is 16.1. The van der Waals surface area contributed by atoms with Gasteiger partial charge in [0.1, 0.15) is 0 Å². The number of rotatable bonds is 1. The molecule has 1 unspecified atom stereocenters. The van der Waals surface area contributed by atoms with Crippen LogP contribution in [-0.2, 0) is 0 Å². The third-order valence-corrected chi connectivity index (χ3v) is 5.31. The second kappa shape index (κ2) is 5.58. The van der Waals surface area contributed by atoms with Crippen LogP contribution in [0.2, 0.25) is 0 Å². The molecule has 0 saturated carbocycles. The van der Waals surface area contributed by atoms with E-state index in [-0.39, 0.29) is 5.92 Å². The first-order chi connectivity index (χ1) is 12.3. The van der Waals surface area contributed by atoms with Gasteiger partial charge in [-0.2, -0.15) is 0 Å². The van der Waals surface area contributed by atoms with Crippen molar-refractivity contribution >= 4 is 27.6 Å². The summed E-state index contributed by atoms with van der Waals surface area (Å²) >= 11 is 0. The number of hydrogen-bond donors (Lipinski definition) is 1. The van der Waals surface area contributed by atoms with Gasteiger partial charge in [0.15, 0.2) is 0 Å². The first-order valence-electron chi connectivity index (χ1n) is 8.69. The summed E-state index contributed by atoms with van der Waals surface area (Å²) in [5.41, 5.74) is 3.34. The Morgan fingerprint density at radius 2 is 1.16 bits per heavy atom. The molecule has 2 atom stereocenters. The average Bonchev–Trinajstić information content (AvgIpc) is 2.69. The van der Waals surface area contributed by atoms with Crippen molar-refractivity contribution in [2.75, 3.05) is 0 Å². The van der Waals surface area contributed by atoms with Crippen LogP contribution in [0.5, 0.6) is 0 Å². The molecule has 1 nitrogen and oxygen atoms in total. The Labute approximate surface area is 146 Å². The minimum absolute atomic E-state index is 0.0155. The Hall–Kier alpha value is -2.90. The Morgan fingerprint density at radius 1 is 0.600 bits per heavy atom. The van der Waals surface area contributed by atoms with Crippen LogP contribution in [0.25, 0.3) is 27.6 Å². The molecule has 25 heavy (non-hydrogen) atoms. The first kappa shape index (κ1) is 14.4. The van der Waals surface area contributed by atoms with E-state index >= 15 is 0 Å². The van der Waals surface area contributed by atoms with Crippen molar-refractivity contribution < 1.29 is 5.11 Å². The van der Waals surface area contributed by atoms with Crippen LogP contribution < -0.4 is 0 Å². The van der Waals surface area contributed by atoms with Crippen LogP contribution >= 0.6 is 0 Å². The van der Waals surface area contributed by atoms with Crippen LogP contribution in [0.3, 0.4) is 0 Å². The molecular weight excluding hydrogens is 304 g/mol. The van der Waals surface area contributed by atoms with Gasteiger partial charge >= 0.3 is 0 Å². The van der Waals surface area contributed by atoms with Crippen molar-refractivity contribution in [3.8, 4) is 0 Å². The molecule has 0 spiro atoms. The molecule has 0 bridgehead atoms. The Bertz CT molecular complexity index is 1110. The van der Waals surface area contributed by atoms with Crippen molar-refractivity contribution in [3.05, 3.63) is 102 Å². The van der Waals surface area contributed by atoms with Crippen LogP contribution in [0.4, 0.5) is 0 Å². The Kier molecular flexibility index (Phi) is 3.22. The highest BCUT2D eigenvalue weighted by Crippen LogP contribution is 2.45. The molecular formula is C24H18O. The van der Waals surface area contributed by atoms with Gasteiger partial charge in [-0.25, -0.2) is 0 Å². The summed E-state index contributed by atoms with van der Waals surface area (Å²) in [7, 11) is 0. The highest BCUT2D eigenvalue weighted by atomic mass is 16.3. The van der Waals surface area contributed by atoms with Gasteiger partial charge in [0.25, 0.3) is 0 Å². The standard InChI is InChI=1S/C24H18O/c25-24-17(16-8-2-1-3-9-16)14-15-22-20-12-5-4-10-18(20)19-11-6-7-13-21(19)23(22)24/h1-15,17,24-25H/t17-,24?/m1/s1. The van der Waals surface area contributed by atoms with Gasteiger partial charge in [0.2, 0.25) is 0 Å². The van der Waals surface area contributed by atoms with Gasteiger partial charge in [-0.1, -0.05) is 91.0 Å². The monoisotopic (exact) mass is 322 g/mol. The zero-order valence-corrected chi connectivity index (χ0v) is 13.8. The zero-order chi connectivity index (χ0) is 16.8. The number of benzene rings is 4. The van der Waals surface area contributed by atoms with Gasteiger partial charge in [-0.15, -0.1) is 0 Å². The predicted octanol–water partition coefficient (Wildman–Crippen LogP) is 5.84. The number of aliphatic hydroxyl groups excluding tert-OH is 1. The van der Waals surface area contributed by atoms with E-state index < -0.39 is 6.10 Å². The average molecular weight is 322 g/mol. The van der Waals surface area contributed by atoms with Gasteiger partial charge in [0, 0.05) is 5.92 Å². The Morgan fingerprint density at radius 3 is 1.88 bits per heavy atom. The molecule has 1 aliphatic rings. The molecule has 1 N–H and O–H groups in total. The van der Waals surface area contributed by atoms with Crippen molar-refractivity contribution in [1.29, 1.82) is 0 Å². The van der Waals surface area contributed by atoms with Crippen molar-refractivity contribution in [1.82, 2.24) is 0 Å². The zero-order valence-electron chi connectivity index (χ0n) is 13.8. The maximum absolute atomic E-state index is 11.3. The summed E-state index contributed by atoms with van der Waals surface area (Å²) in [4.78, 5) is 0. The normalized spacial score (nSPS) is 19.2. The van der Waals surface area contributed by atoms with E-state index in [0.29, 0.717) is 0 Å². The fraction of sp³-hybridized carbons (Fsp3) is 0.0833. The van der Waals surface area contributed by atoms with Crippen LogP contribution in [0.1, 0.15) is 28.7 Å². The molecule has 4 aromatic rings. The van der Waals surface area contributed by atoms with Gasteiger partial charge in [-0.3, -0.25) is 0 Å². The lowest BCUT2D eigenvalue weighted by Gasteiger charge is -2.29. The summed E-state index contributed by atoms with van der Waals surface area (Å²) in [6, 6.07) is 27.1. The topological polar surface area (TPSA) is 20.2 Å². The lowest BCUT2D eigenvalue weighted by molar-refractivity contribution is 0.162. The summed E-state index contributed by atoms with van der Waals surface area (Å²) in [6.45, 7) is 0. The smallest absolute Gasteiger partial charge is 0.0905 e. The molecule has 0 heterocycles. The fourth-order valence-corrected chi connectivity index (χ4v) is 4.15. The largest absolute Gasteiger partial charge is 0.387 e. The molecule has 120 valence electrons.